The van der Waals surface area contributed by atoms with E-state index >= 15 is 0 Å². The summed E-state index contributed by atoms with van der Waals surface area (Å²) in [7, 11) is 1.62. The zero-order valence-corrected chi connectivity index (χ0v) is 36.2. The lowest BCUT2D eigenvalue weighted by molar-refractivity contribution is -0.118. The van der Waals surface area contributed by atoms with Crippen molar-refractivity contribution >= 4 is 31.5 Å². The fourth-order valence-corrected chi connectivity index (χ4v) is 8.93. The topological polar surface area (TPSA) is 175 Å². The number of amides is 1. The van der Waals surface area contributed by atoms with Crippen LogP contribution in [0.2, 0.25) is 0 Å². The van der Waals surface area contributed by atoms with Crippen molar-refractivity contribution in [2.75, 3.05) is 32.8 Å². The lowest BCUT2D eigenvalue weighted by Crippen LogP contribution is -2.41. The van der Waals surface area contributed by atoms with E-state index in [9.17, 15) is 14.9 Å². The van der Waals surface area contributed by atoms with Gasteiger partial charge in [-0.05, 0) is 68.7 Å². The van der Waals surface area contributed by atoms with Crippen LogP contribution in [-0.4, -0.2) is 81.8 Å². The Labute approximate surface area is 351 Å². The van der Waals surface area contributed by atoms with Gasteiger partial charge in [-0.1, -0.05) is 68.4 Å². The van der Waals surface area contributed by atoms with Crippen molar-refractivity contribution < 1.29 is 32.8 Å². The maximum absolute atomic E-state index is 13.3. The number of carbonyl (C=O) groups is 1. The number of anilines is 1. The molecule has 3 heterocycles. The SMILES string of the molecule is COc1ccc(C(O[C@H]2C[C@@H](n3cnc4c(=O)[nH]c(NC(=O)C(C)C)nc43)O[C@@H]2COP(OCCC#N)N(C(C)C)C(C)C)(c2ccccc2)c2ccc(OC)cc2)cc1. The minimum absolute atomic E-state index is 0.00311. The third kappa shape index (κ3) is 9.71. The van der Waals surface area contributed by atoms with Crippen LogP contribution in [-0.2, 0) is 28.9 Å². The van der Waals surface area contributed by atoms with E-state index < -0.39 is 38.1 Å². The quantitative estimate of drug-likeness (QED) is 0.0472. The highest BCUT2D eigenvalue weighted by molar-refractivity contribution is 7.44. The number of benzene rings is 3. The van der Waals surface area contributed by atoms with E-state index in [-0.39, 0.29) is 67.1 Å². The predicted octanol–water partition coefficient (Wildman–Crippen LogP) is 7.69. The number of aromatic amines is 1. The zero-order valence-electron chi connectivity index (χ0n) is 35.3. The summed E-state index contributed by atoms with van der Waals surface area (Å²) < 4.78 is 42.5. The summed E-state index contributed by atoms with van der Waals surface area (Å²) in [5.74, 6) is 0.739. The van der Waals surface area contributed by atoms with Crippen molar-refractivity contribution in [2.24, 2.45) is 5.92 Å². The molecule has 15 nitrogen and oxygen atoms in total. The number of nitriles is 1. The van der Waals surface area contributed by atoms with Crippen molar-refractivity contribution in [3.8, 4) is 17.6 Å². The van der Waals surface area contributed by atoms with Crippen LogP contribution >= 0.6 is 8.53 Å². The highest BCUT2D eigenvalue weighted by Gasteiger charge is 2.47. The number of hydrogen-bond acceptors (Lipinski definition) is 12. The number of carbonyl (C=O) groups excluding carboxylic acids is 1. The van der Waals surface area contributed by atoms with Gasteiger partial charge in [0.05, 0.1) is 52.4 Å². The first-order valence-corrected chi connectivity index (χ1v) is 21.2. The zero-order chi connectivity index (χ0) is 43.0. The van der Waals surface area contributed by atoms with Crippen molar-refractivity contribution in [1.29, 1.82) is 5.26 Å². The number of nitrogens with zero attached hydrogens (tertiary/aromatic N) is 5. The smallest absolute Gasteiger partial charge is 0.280 e. The maximum Gasteiger partial charge on any atom is 0.280 e. The number of nitrogens with one attached hydrogen (secondary N) is 2. The Morgan fingerprint density at radius 1 is 0.950 bits per heavy atom. The lowest BCUT2D eigenvalue weighted by Gasteiger charge is -2.40. The molecule has 1 unspecified atom stereocenters. The lowest BCUT2D eigenvalue weighted by atomic mass is 9.79. The number of imidazole rings is 1. The molecule has 0 bridgehead atoms. The Bertz CT molecular complexity index is 2220. The summed E-state index contributed by atoms with van der Waals surface area (Å²) in [5, 5.41) is 12.0. The highest BCUT2D eigenvalue weighted by atomic mass is 31.2. The number of H-pyrrole nitrogens is 1. The van der Waals surface area contributed by atoms with Gasteiger partial charge in [-0.2, -0.15) is 10.2 Å². The number of methoxy groups -OCH3 is 2. The van der Waals surface area contributed by atoms with Gasteiger partial charge in [0.15, 0.2) is 11.2 Å². The van der Waals surface area contributed by atoms with Crippen LogP contribution in [0.25, 0.3) is 11.2 Å². The van der Waals surface area contributed by atoms with Gasteiger partial charge in [0, 0.05) is 24.4 Å². The standard InChI is InChI=1S/C44H54N7O8P/c1-28(2)41(52)48-43-47-40-39(42(53)49-43)46-27-50(40)38-25-36(37(58-38)26-57-60(56-24-12-23-45)51(29(3)4)30(5)6)59-44(31-13-10-9-11-14-31,32-15-19-34(54-7)20-16-32)33-17-21-35(55-8)22-18-33/h9-11,13-22,27-30,36-38H,12,24-26H2,1-8H3,(H2,47,48,49,52,53)/t36-,37+,38-,60?/m0/s1. The number of fused-ring (bicyclic) bond motifs is 1. The molecule has 2 aromatic heterocycles. The largest absolute Gasteiger partial charge is 0.497 e. The number of hydrogen-bond donors (Lipinski definition) is 2. The first-order valence-electron chi connectivity index (χ1n) is 20.1. The summed E-state index contributed by atoms with van der Waals surface area (Å²) in [5.41, 5.74) is 1.15. The molecule has 318 valence electrons. The molecule has 6 rings (SSSR count). The van der Waals surface area contributed by atoms with Crippen LogP contribution in [0.15, 0.2) is 90.0 Å². The molecular weight excluding hydrogens is 785 g/mol. The average molecular weight is 840 g/mol. The average Bonchev–Trinajstić information content (AvgIpc) is 3.86. The Kier molecular flexibility index (Phi) is 14.7. The molecule has 4 atom stereocenters. The first kappa shape index (κ1) is 44.4. The predicted molar refractivity (Wildman–Crippen MR) is 228 cm³/mol. The fourth-order valence-electron chi connectivity index (χ4n) is 7.31. The van der Waals surface area contributed by atoms with Crippen molar-refractivity contribution in [2.45, 2.75) is 90.5 Å². The molecule has 0 radical (unpaired) electrons. The molecule has 1 aliphatic heterocycles. The number of ether oxygens (including phenoxy) is 4. The second-order valence-corrected chi connectivity index (χ2v) is 16.7. The van der Waals surface area contributed by atoms with Crippen LogP contribution in [0.5, 0.6) is 11.5 Å². The molecule has 1 aliphatic rings. The van der Waals surface area contributed by atoms with E-state index in [2.05, 4.69) is 58.7 Å². The molecule has 16 heteroatoms. The molecule has 5 aromatic rings. The maximum atomic E-state index is 13.3. The van der Waals surface area contributed by atoms with Gasteiger partial charge in [-0.15, -0.1) is 0 Å². The summed E-state index contributed by atoms with van der Waals surface area (Å²) in [4.78, 5) is 37.6. The first-order chi connectivity index (χ1) is 28.9. The summed E-state index contributed by atoms with van der Waals surface area (Å²) >= 11 is 0. The molecule has 3 aromatic carbocycles. The minimum Gasteiger partial charge on any atom is -0.497 e. The van der Waals surface area contributed by atoms with Crippen LogP contribution in [0.1, 0.15) is 77.3 Å². The Hall–Kier alpha value is -5.20. The van der Waals surface area contributed by atoms with Gasteiger partial charge in [0.1, 0.15) is 29.4 Å². The monoisotopic (exact) mass is 839 g/mol. The van der Waals surface area contributed by atoms with E-state index in [0.717, 1.165) is 16.7 Å². The Morgan fingerprint density at radius 2 is 1.55 bits per heavy atom. The van der Waals surface area contributed by atoms with Crippen LogP contribution in [0, 0.1) is 17.2 Å². The third-order valence-electron chi connectivity index (χ3n) is 10.2. The van der Waals surface area contributed by atoms with E-state index in [4.69, 9.17) is 28.0 Å². The molecule has 1 fully saturated rings. The van der Waals surface area contributed by atoms with E-state index in [0.29, 0.717) is 11.5 Å². The van der Waals surface area contributed by atoms with Crippen LogP contribution < -0.4 is 20.3 Å². The minimum atomic E-state index is -1.63. The summed E-state index contributed by atoms with van der Waals surface area (Å²) in [6.07, 6.45) is -0.0630. The van der Waals surface area contributed by atoms with Gasteiger partial charge in [-0.3, -0.25) is 24.5 Å². The van der Waals surface area contributed by atoms with Gasteiger partial charge >= 0.3 is 0 Å². The summed E-state index contributed by atoms with van der Waals surface area (Å²) in [6.45, 7) is 12.1. The van der Waals surface area contributed by atoms with Gasteiger partial charge in [0.2, 0.25) is 11.9 Å². The van der Waals surface area contributed by atoms with Crippen molar-refractivity contribution in [1.82, 2.24) is 24.2 Å². The third-order valence-corrected chi connectivity index (χ3v) is 12.3. The number of aromatic nitrogens is 4. The molecule has 1 amide bonds. The normalized spacial score (nSPS) is 17.4. The fraction of sp³-hybridized carbons (Fsp3) is 0.432. The molecule has 0 saturated carbocycles. The van der Waals surface area contributed by atoms with E-state index in [1.165, 1.54) is 6.33 Å². The van der Waals surface area contributed by atoms with Gasteiger partial charge < -0.3 is 28.0 Å². The highest BCUT2D eigenvalue weighted by Crippen LogP contribution is 2.49. The van der Waals surface area contributed by atoms with Crippen molar-refractivity contribution in [3.63, 3.8) is 0 Å². The summed E-state index contributed by atoms with van der Waals surface area (Å²) in [6, 6.07) is 27.9. The van der Waals surface area contributed by atoms with Crippen LogP contribution in [0.3, 0.4) is 0 Å². The Morgan fingerprint density at radius 3 is 2.10 bits per heavy atom. The Balaban J connectivity index is 1.48. The van der Waals surface area contributed by atoms with Gasteiger partial charge in [-0.25, -0.2) is 9.65 Å². The molecule has 0 aliphatic carbocycles. The second-order valence-electron chi connectivity index (χ2n) is 15.3. The number of rotatable bonds is 19. The van der Waals surface area contributed by atoms with Crippen molar-refractivity contribution in [3.05, 3.63) is 112 Å². The van der Waals surface area contributed by atoms with Crippen LogP contribution in [0.4, 0.5) is 5.95 Å². The van der Waals surface area contributed by atoms with E-state index in [1.807, 2.05) is 78.9 Å². The molecule has 0 spiro atoms. The molecule has 1 saturated heterocycles. The molecular formula is C44H54N7O8P. The molecule has 2 N–H and O–H groups in total. The second kappa shape index (κ2) is 19.9. The van der Waals surface area contributed by atoms with Gasteiger partial charge in [0.25, 0.3) is 14.1 Å². The van der Waals surface area contributed by atoms with E-state index in [1.54, 1.807) is 32.6 Å². The molecule has 60 heavy (non-hydrogen) atoms.